The molecule has 0 fully saturated rings. The van der Waals surface area contributed by atoms with Gasteiger partial charge in [0.1, 0.15) is 0 Å². The third-order valence-electron chi connectivity index (χ3n) is 2.86. The lowest BCUT2D eigenvalue weighted by atomic mass is 10.0. The molecule has 0 saturated carbocycles. The lowest BCUT2D eigenvalue weighted by Crippen LogP contribution is -1.87. The van der Waals surface area contributed by atoms with E-state index in [4.69, 9.17) is 16.7 Å². The van der Waals surface area contributed by atoms with Crippen LogP contribution in [0.1, 0.15) is 16.7 Å². The van der Waals surface area contributed by atoms with E-state index in [2.05, 4.69) is 40.1 Å². The second kappa shape index (κ2) is 3.06. The maximum Gasteiger partial charge on any atom is 0.224 e. The average molecular weight is 282 g/mol. The van der Waals surface area contributed by atoms with Gasteiger partial charge in [-0.15, -0.1) is 0 Å². The number of H-pyrrole nitrogens is 1. The Morgan fingerprint density at radius 3 is 3.00 bits per heavy atom. The molecule has 1 heterocycles. The number of hydrogen-bond acceptors (Lipinski definition) is 2. The predicted molar refractivity (Wildman–Crippen MR) is 64.6 cm³/mol. The van der Waals surface area contributed by atoms with Gasteiger partial charge < -0.3 is 4.52 Å². The van der Waals surface area contributed by atoms with Gasteiger partial charge in [0.25, 0.3) is 0 Å². The summed E-state index contributed by atoms with van der Waals surface area (Å²) < 4.78 is 6.88. The summed E-state index contributed by atoms with van der Waals surface area (Å²) in [5.41, 5.74) is 5.94. The van der Waals surface area contributed by atoms with E-state index >= 15 is 0 Å². The first-order valence-electron chi connectivity index (χ1n) is 4.67. The Kier molecular flexibility index (Phi) is 1.91. The molecular formula is C11H8BrNOS. The van der Waals surface area contributed by atoms with Gasteiger partial charge >= 0.3 is 0 Å². The number of benzene rings is 1. The Morgan fingerprint density at radius 2 is 2.20 bits per heavy atom. The standard InChI is InChI=1S/C11H8BrNOS/c1-5-2-3-8(12)6-4-7-10(9(5)6)13-14-11(7)15/h2-3,13H,4H2,1H3. The van der Waals surface area contributed by atoms with E-state index in [1.54, 1.807) is 0 Å². The lowest BCUT2D eigenvalue weighted by Gasteiger charge is -2.05. The Balaban J connectivity index is 2.41. The van der Waals surface area contributed by atoms with E-state index in [1.807, 2.05) is 0 Å². The third-order valence-corrected chi connectivity index (χ3v) is 3.93. The van der Waals surface area contributed by atoms with Crippen molar-refractivity contribution in [3.05, 3.63) is 38.0 Å². The number of hydrogen-bond donors (Lipinski definition) is 1. The average Bonchev–Trinajstić information content (AvgIpc) is 2.74. The summed E-state index contributed by atoms with van der Waals surface area (Å²) >= 11 is 8.70. The molecule has 2 aromatic rings. The van der Waals surface area contributed by atoms with E-state index in [9.17, 15) is 0 Å². The number of rotatable bonds is 0. The van der Waals surface area contributed by atoms with Gasteiger partial charge in [-0.1, -0.05) is 22.0 Å². The molecule has 1 aliphatic carbocycles. The number of halogens is 1. The normalized spacial score (nSPS) is 12.7. The first-order chi connectivity index (χ1) is 7.18. The minimum Gasteiger partial charge on any atom is -0.370 e. The van der Waals surface area contributed by atoms with Crippen LogP contribution < -0.4 is 0 Å². The Bertz CT molecular complexity index is 612. The topological polar surface area (TPSA) is 28.9 Å². The molecule has 0 bridgehead atoms. The third kappa shape index (κ3) is 1.18. The fraction of sp³-hybridized carbons (Fsp3) is 0.182. The van der Waals surface area contributed by atoms with Crippen LogP contribution in [0.2, 0.25) is 0 Å². The lowest BCUT2D eigenvalue weighted by molar-refractivity contribution is 0.409. The Labute approximate surface area is 100 Å². The van der Waals surface area contributed by atoms with Crippen LogP contribution in [0.15, 0.2) is 21.1 Å². The summed E-state index contributed by atoms with van der Waals surface area (Å²) in [5.74, 6) is 0. The molecule has 1 aromatic heterocycles. The quantitative estimate of drug-likeness (QED) is 0.632. The second-order valence-corrected chi connectivity index (χ2v) is 4.96. The van der Waals surface area contributed by atoms with Crippen molar-refractivity contribution in [3.8, 4) is 11.3 Å². The number of aromatic nitrogens is 1. The van der Waals surface area contributed by atoms with Gasteiger partial charge in [0, 0.05) is 22.0 Å². The molecule has 76 valence electrons. The summed E-state index contributed by atoms with van der Waals surface area (Å²) in [7, 11) is 0. The zero-order chi connectivity index (χ0) is 10.6. The number of aryl methyl sites for hydroxylation is 1. The largest absolute Gasteiger partial charge is 0.370 e. The highest BCUT2D eigenvalue weighted by molar-refractivity contribution is 9.10. The molecule has 0 unspecified atom stereocenters. The van der Waals surface area contributed by atoms with Crippen LogP contribution in [0, 0.1) is 11.6 Å². The minimum atomic E-state index is 0.576. The van der Waals surface area contributed by atoms with E-state index in [0.717, 1.165) is 22.2 Å². The molecule has 2 nitrogen and oxygen atoms in total. The van der Waals surface area contributed by atoms with Crippen molar-refractivity contribution < 1.29 is 4.52 Å². The summed E-state index contributed by atoms with van der Waals surface area (Å²) in [4.78, 5) is 0. The maximum absolute atomic E-state index is 5.16. The molecule has 4 heteroatoms. The molecule has 1 aromatic carbocycles. The SMILES string of the molecule is Cc1ccc(Br)c2c1-c1[nH]oc(=S)c1C2. The van der Waals surface area contributed by atoms with Crippen molar-refractivity contribution in [2.24, 2.45) is 0 Å². The zero-order valence-corrected chi connectivity index (χ0v) is 10.5. The fourth-order valence-corrected chi connectivity index (χ4v) is 2.81. The first kappa shape index (κ1) is 9.36. The molecule has 1 N–H and O–H groups in total. The van der Waals surface area contributed by atoms with Crippen molar-refractivity contribution >= 4 is 28.1 Å². The monoisotopic (exact) mass is 281 g/mol. The van der Waals surface area contributed by atoms with Crippen LogP contribution in [0.25, 0.3) is 11.3 Å². The molecule has 0 amide bonds. The highest BCUT2D eigenvalue weighted by Gasteiger charge is 2.26. The van der Waals surface area contributed by atoms with Gasteiger partial charge in [-0.25, -0.2) is 5.16 Å². The van der Waals surface area contributed by atoms with Crippen LogP contribution in [-0.2, 0) is 6.42 Å². The minimum absolute atomic E-state index is 0.576. The molecule has 0 saturated heterocycles. The smallest absolute Gasteiger partial charge is 0.224 e. The van der Waals surface area contributed by atoms with Crippen LogP contribution in [0.4, 0.5) is 0 Å². The first-order valence-corrected chi connectivity index (χ1v) is 5.87. The molecule has 3 rings (SSSR count). The van der Waals surface area contributed by atoms with Crippen molar-refractivity contribution in [1.82, 2.24) is 5.16 Å². The number of aromatic amines is 1. The van der Waals surface area contributed by atoms with Crippen molar-refractivity contribution in [2.45, 2.75) is 13.3 Å². The van der Waals surface area contributed by atoms with Crippen molar-refractivity contribution in [2.75, 3.05) is 0 Å². The summed E-state index contributed by atoms with van der Waals surface area (Å²) in [5, 5.41) is 2.91. The zero-order valence-electron chi connectivity index (χ0n) is 8.06. The van der Waals surface area contributed by atoms with Crippen LogP contribution >= 0.6 is 28.1 Å². The van der Waals surface area contributed by atoms with E-state index < -0.39 is 0 Å². The van der Waals surface area contributed by atoms with E-state index in [-0.39, 0.29) is 0 Å². The number of nitrogens with one attached hydrogen (secondary N) is 1. The maximum atomic E-state index is 5.16. The van der Waals surface area contributed by atoms with Crippen LogP contribution in [0.3, 0.4) is 0 Å². The van der Waals surface area contributed by atoms with Crippen LogP contribution in [0.5, 0.6) is 0 Å². The molecule has 15 heavy (non-hydrogen) atoms. The molecule has 0 aliphatic heterocycles. The molecular weight excluding hydrogens is 274 g/mol. The van der Waals surface area contributed by atoms with Gasteiger partial charge in [-0.3, -0.25) is 0 Å². The molecule has 0 spiro atoms. The summed E-state index contributed by atoms with van der Waals surface area (Å²) in [6.07, 6.45) is 0.860. The van der Waals surface area contributed by atoms with Gasteiger partial charge in [0.15, 0.2) is 0 Å². The fourth-order valence-electron chi connectivity index (χ4n) is 2.12. The number of fused-ring (bicyclic) bond motifs is 3. The van der Waals surface area contributed by atoms with Crippen LogP contribution in [-0.4, -0.2) is 5.16 Å². The predicted octanol–water partition coefficient (Wildman–Crippen LogP) is 3.98. The van der Waals surface area contributed by atoms with Gasteiger partial charge in [-0.05, 0) is 36.3 Å². The molecule has 0 radical (unpaired) electrons. The summed E-state index contributed by atoms with van der Waals surface area (Å²) in [6, 6.07) is 4.18. The van der Waals surface area contributed by atoms with Gasteiger partial charge in [-0.2, -0.15) is 0 Å². The van der Waals surface area contributed by atoms with Gasteiger partial charge in [0.2, 0.25) is 4.71 Å². The second-order valence-electron chi connectivity index (χ2n) is 3.74. The summed E-state index contributed by atoms with van der Waals surface area (Å²) in [6.45, 7) is 2.10. The molecule has 1 aliphatic rings. The van der Waals surface area contributed by atoms with Gasteiger partial charge in [0.05, 0.1) is 5.69 Å². The highest BCUT2D eigenvalue weighted by atomic mass is 79.9. The van der Waals surface area contributed by atoms with Crippen molar-refractivity contribution in [1.29, 1.82) is 0 Å². The molecule has 0 atom stereocenters. The Morgan fingerprint density at radius 1 is 1.40 bits per heavy atom. The highest BCUT2D eigenvalue weighted by Crippen LogP contribution is 2.41. The Hall–Kier alpha value is -0.870. The van der Waals surface area contributed by atoms with Crippen molar-refractivity contribution in [3.63, 3.8) is 0 Å². The van der Waals surface area contributed by atoms with E-state index in [1.165, 1.54) is 16.7 Å². The van der Waals surface area contributed by atoms with E-state index in [0.29, 0.717) is 4.71 Å².